The third kappa shape index (κ3) is 2.03. The summed E-state index contributed by atoms with van der Waals surface area (Å²) in [6.07, 6.45) is 0. The minimum absolute atomic E-state index is 0.278. The summed E-state index contributed by atoms with van der Waals surface area (Å²) in [6.45, 7) is 5.43. The van der Waals surface area contributed by atoms with Crippen molar-refractivity contribution in [3.05, 3.63) is 34.9 Å². The molecule has 1 heterocycles. The van der Waals surface area contributed by atoms with Crippen molar-refractivity contribution in [3.63, 3.8) is 0 Å². The summed E-state index contributed by atoms with van der Waals surface area (Å²) in [5.74, 6) is 0.780. The highest BCUT2D eigenvalue weighted by molar-refractivity contribution is 5.56. The second-order valence-electron chi connectivity index (χ2n) is 4.36. The van der Waals surface area contributed by atoms with Crippen LogP contribution in [0.4, 0.5) is 10.1 Å². The molecule has 0 saturated carbocycles. The quantitative estimate of drug-likeness (QED) is 0.833. The lowest BCUT2D eigenvalue weighted by atomic mass is 10.2. The molecule has 1 aromatic carbocycles. The Morgan fingerprint density at radius 1 is 1.28 bits per heavy atom. The van der Waals surface area contributed by atoms with Gasteiger partial charge in [0.2, 0.25) is 0 Å². The van der Waals surface area contributed by atoms with E-state index in [9.17, 15) is 4.39 Å². The van der Waals surface area contributed by atoms with E-state index in [1.807, 2.05) is 20.9 Å². The van der Waals surface area contributed by atoms with Crippen LogP contribution in [-0.2, 0) is 7.05 Å². The minimum atomic E-state index is -0.334. The highest BCUT2D eigenvalue weighted by Gasteiger charge is 2.14. The summed E-state index contributed by atoms with van der Waals surface area (Å²) in [6, 6.07) is 2.86. The third-order valence-corrected chi connectivity index (χ3v) is 2.95. The first-order valence-electron chi connectivity index (χ1n) is 5.64. The number of nitrogens with zero attached hydrogens (tertiary/aromatic N) is 2. The molecule has 5 heteroatoms. The van der Waals surface area contributed by atoms with Gasteiger partial charge in [-0.25, -0.2) is 4.39 Å². The molecule has 1 aromatic heterocycles. The molecule has 0 fully saturated rings. The van der Waals surface area contributed by atoms with Crippen molar-refractivity contribution in [1.29, 1.82) is 0 Å². The average molecular weight is 249 g/mol. The Morgan fingerprint density at radius 2 is 1.94 bits per heavy atom. The van der Waals surface area contributed by atoms with Crippen molar-refractivity contribution in [2.75, 3.05) is 5.73 Å². The number of benzene rings is 1. The number of nitrogen functional groups attached to an aromatic ring is 1. The maximum absolute atomic E-state index is 13.3. The van der Waals surface area contributed by atoms with E-state index in [0.29, 0.717) is 17.1 Å². The van der Waals surface area contributed by atoms with Crippen LogP contribution < -0.4 is 10.5 Å². The predicted octanol–water partition coefficient (Wildman–Crippen LogP) is 2.86. The first kappa shape index (κ1) is 12.4. The van der Waals surface area contributed by atoms with Crippen LogP contribution in [0.3, 0.4) is 0 Å². The molecular formula is C13H16FN3O. The fourth-order valence-corrected chi connectivity index (χ4v) is 1.77. The van der Waals surface area contributed by atoms with Crippen LogP contribution in [-0.4, -0.2) is 9.78 Å². The molecule has 0 saturated heterocycles. The molecule has 4 nitrogen and oxygen atoms in total. The van der Waals surface area contributed by atoms with Crippen molar-refractivity contribution in [2.24, 2.45) is 7.05 Å². The first-order valence-corrected chi connectivity index (χ1v) is 5.64. The summed E-state index contributed by atoms with van der Waals surface area (Å²) >= 11 is 0. The Bertz CT molecular complexity index is 605. The Labute approximate surface area is 105 Å². The van der Waals surface area contributed by atoms with Crippen molar-refractivity contribution in [3.8, 4) is 11.5 Å². The zero-order valence-corrected chi connectivity index (χ0v) is 10.9. The number of halogens is 1. The second-order valence-corrected chi connectivity index (χ2v) is 4.36. The van der Waals surface area contributed by atoms with Gasteiger partial charge in [-0.05, 0) is 32.4 Å². The minimum Gasteiger partial charge on any atom is -0.451 e. The predicted molar refractivity (Wildman–Crippen MR) is 68.3 cm³/mol. The van der Waals surface area contributed by atoms with Crippen molar-refractivity contribution < 1.29 is 9.13 Å². The van der Waals surface area contributed by atoms with Crippen LogP contribution in [0, 0.1) is 26.6 Å². The molecule has 2 N–H and O–H groups in total. The summed E-state index contributed by atoms with van der Waals surface area (Å²) in [5, 5.41) is 4.25. The van der Waals surface area contributed by atoms with Gasteiger partial charge < -0.3 is 10.5 Å². The molecule has 0 spiro atoms. The number of anilines is 1. The van der Waals surface area contributed by atoms with E-state index in [2.05, 4.69) is 5.10 Å². The molecule has 96 valence electrons. The maximum atomic E-state index is 13.3. The Kier molecular flexibility index (Phi) is 2.98. The Hall–Kier alpha value is -2.04. The monoisotopic (exact) mass is 249 g/mol. The molecule has 0 atom stereocenters. The molecule has 0 unspecified atom stereocenters. The number of aryl methyl sites for hydroxylation is 3. The first-order chi connectivity index (χ1) is 8.40. The molecular weight excluding hydrogens is 233 g/mol. The van der Waals surface area contributed by atoms with E-state index in [1.165, 1.54) is 6.07 Å². The summed E-state index contributed by atoms with van der Waals surface area (Å²) < 4.78 is 20.8. The number of hydrogen-bond acceptors (Lipinski definition) is 3. The molecule has 0 bridgehead atoms. The van der Waals surface area contributed by atoms with E-state index < -0.39 is 0 Å². The molecule has 18 heavy (non-hydrogen) atoms. The molecule has 0 amide bonds. The van der Waals surface area contributed by atoms with Gasteiger partial charge >= 0.3 is 0 Å². The summed E-state index contributed by atoms with van der Waals surface area (Å²) in [5.41, 5.74) is 8.20. The van der Waals surface area contributed by atoms with Crippen LogP contribution in [0.15, 0.2) is 12.1 Å². The zero-order chi connectivity index (χ0) is 13.4. The van der Waals surface area contributed by atoms with E-state index >= 15 is 0 Å². The Morgan fingerprint density at radius 3 is 2.50 bits per heavy atom. The molecule has 2 rings (SSSR count). The average Bonchev–Trinajstić information content (AvgIpc) is 2.52. The lowest BCUT2D eigenvalue weighted by molar-refractivity contribution is 0.474. The van der Waals surface area contributed by atoms with Crippen molar-refractivity contribution in [2.45, 2.75) is 20.8 Å². The van der Waals surface area contributed by atoms with Gasteiger partial charge in [0.05, 0.1) is 11.4 Å². The number of aromatic nitrogens is 2. The van der Waals surface area contributed by atoms with Crippen LogP contribution in [0.25, 0.3) is 0 Å². The van der Waals surface area contributed by atoms with E-state index in [0.717, 1.165) is 11.4 Å². The topological polar surface area (TPSA) is 53.1 Å². The van der Waals surface area contributed by atoms with Gasteiger partial charge in [-0.2, -0.15) is 5.10 Å². The fourth-order valence-electron chi connectivity index (χ4n) is 1.77. The maximum Gasteiger partial charge on any atom is 0.171 e. The van der Waals surface area contributed by atoms with Crippen molar-refractivity contribution in [1.82, 2.24) is 9.78 Å². The van der Waals surface area contributed by atoms with Gasteiger partial charge in [-0.3, -0.25) is 4.68 Å². The second kappa shape index (κ2) is 4.33. The number of nitrogens with two attached hydrogens (primary N) is 1. The number of ether oxygens (including phenoxy) is 1. The lowest BCUT2D eigenvalue weighted by Gasteiger charge is -2.10. The van der Waals surface area contributed by atoms with Crippen LogP contribution in [0.5, 0.6) is 11.5 Å². The van der Waals surface area contributed by atoms with Crippen LogP contribution in [0.1, 0.15) is 17.0 Å². The van der Waals surface area contributed by atoms with Gasteiger partial charge in [-0.1, -0.05) is 0 Å². The van der Waals surface area contributed by atoms with Crippen LogP contribution in [0.2, 0.25) is 0 Å². The summed E-state index contributed by atoms with van der Waals surface area (Å²) in [7, 11) is 1.84. The van der Waals surface area contributed by atoms with Crippen molar-refractivity contribution >= 4 is 5.69 Å². The highest BCUT2D eigenvalue weighted by Crippen LogP contribution is 2.33. The van der Waals surface area contributed by atoms with Gasteiger partial charge in [0.1, 0.15) is 11.5 Å². The number of hydrogen-bond donors (Lipinski definition) is 1. The van der Waals surface area contributed by atoms with Gasteiger partial charge in [-0.15, -0.1) is 0 Å². The smallest absolute Gasteiger partial charge is 0.171 e. The van der Waals surface area contributed by atoms with Crippen LogP contribution >= 0.6 is 0 Å². The van der Waals surface area contributed by atoms with Gasteiger partial charge in [0, 0.05) is 13.1 Å². The molecule has 2 aromatic rings. The molecule has 0 aliphatic heterocycles. The van der Waals surface area contributed by atoms with Gasteiger partial charge in [0.15, 0.2) is 11.5 Å². The van der Waals surface area contributed by atoms with Gasteiger partial charge in [0.25, 0.3) is 0 Å². The molecule has 0 aliphatic rings. The zero-order valence-electron chi connectivity index (χ0n) is 10.9. The normalized spacial score (nSPS) is 10.7. The lowest BCUT2D eigenvalue weighted by Crippen LogP contribution is -1.97. The third-order valence-electron chi connectivity index (χ3n) is 2.95. The fraction of sp³-hybridized carbons (Fsp3) is 0.308. The Balaban J connectivity index is 2.43. The number of rotatable bonds is 2. The highest BCUT2D eigenvalue weighted by atomic mass is 19.1. The molecule has 0 aliphatic carbocycles. The SMILES string of the molecule is Cc1cc(Oc2c(C)nn(C)c2C)c(N)cc1F. The van der Waals surface area contributed by atoms with E-state index in [-0.39, 0.29) is 11.5 Å². The van der Waals surface area contributed by atoms with E-state index in [1.54, 1.807) is 17.7 Å². The van der Waals surface area contributed by atoms with E-state index in [4.69, 9.17) is 10.5 Å². The largest absolute Gasteiger partial charge is 0.451 e. The standard InChI is InChI=1S/C13H16FN3O/c1-7-5-12(11(15)6-10(7)14)18-13-8(2)16-17(4)9(13)3/h5-6H,15H2,1-4H3. The summed E-state index contributed by atoms with van der Waals surface area (Å²) in [4.78, 5) is 0. The molecule has 0 radical (unpaired) electrons.